The number of hydrogen-bond donors (Lipinski definition) is 1. The van der Waals surface area contributed by atoms with Gasteiger partial charge in [0.15, 0.2) is 5.65 Å². The Hall–Kier alpha value is -4.22. The number of amides is 1. The molecule has 0 unspecified atom stereocenters. The third-order valence-electron chi connectivity index (χ3n) is 6.00. The van der Waals surface area contributed by atoms with Gasteiger partial charge in [-0.25, -0.2) is 14.6 Å². The van der Waals surface area contributed by atoms with Crippen molar-refractivity contribution >= 4 is 34.1 Å². The molecule has 0 atom stereocenters. The van der Waals surface area contributed by atoms with E-state index in [4.69, 9.17) is 11.4 Å². The number of fused-ring (bicyclic) bond motifs is 1. The van der Waals surface area contributed by atoms with Crippen LogP contribution >= 0.6 is 11.3 Å². The summed E-state index contributed by atoms with van der Waals surface area (Å²) in [6.07, 6.45) is 8.96. The SMILES string of the molecule is C#CCn1cnc(-c2ccccc2)c1NC(=O)c1cc(-c2cc(C)sc2C)nc2c1cnn2C(C)C. The Morgan fingerprint density at radius 3 is 2.64 bits per heavy atom. The van der Waals surface area contributed by atoms with E-state index in [-0.39, 0.29) is 18.5 Å². The van der Waals surface area contributed by atoms with Gasteiger partial charge in [0.2, 0.25) is 0 Å². The molecule has 0 aliphatic heterocycles. The largest absolute Gasteiger partial charge is 0.306 e. The van der Waals surface area contributed by atoms with Gasteiger partial charge in [-0.2, -0.15) is 5.10 Å². The third-order valence-corrected chi connectivity index (χ3v) is 6.96. The molecule has 1 N–H and O–H groups in total. The van der Waals surface area contributed by atoms with E-state index in [0.717, 1.165) is 21.7 Å². The number of nitrogens with zero attached hydrogens (tertiary/aromatic N) is 5. The second-order valence-electron chi connectivity index (χ2n) is 8.90. The molecule has 180 valence electrons. The highest BCUT2D eigenvalue weighted by molar-refractivity contribution is 7.12. The number of thiophene rings is 1. The minimum atomic E-state index is -0.271. The Kier molecular flexibility index (Phi) is 6.17. The fourth-order valence-electron chi connectivity index (χ4n) is 4.32. The molecule has 0 aliphatic carbocycles. The first-order chi connectivity index (χ1) is 17.4. The van der Waals surface area contributed by atoms with Gasteiger partial charge in [-0.05, 0) is 39.8 Å². The molecule has 5 rings (SSSR count). The van der Waals surface area contributed by atoms with Crippen LogP contribution in [-0.4, -0.2) is 30.2 Å². The van der Waals surface area contributed by atoms with E-state index < -0.39 is 0 Å². The molecular weight excluding hydrogens is 468 g/mol. The Balaban J connectivity index is 1.65. The lowest BCUT2D eigenvalue weighted by atomic mass is 10.1. The lowest BCUT2D eigenvalue weighted by Gasteiger charge is -2.13. The average Bonchev–Trinajstić information content (AvgIpc) is 3.56. The summed E-state index contributed by atoms with van der Waals surface area (Å²) < 4.78 is 3.62. The minimum absolute atomic E-state index is 0.0909. The van der Waals surface area contributed by atoms with Crippen LogP contribution in [0.2, 0.25) is 0 Å². The van der Waals surface area contributed by atoms with E-state index >= 15 is 0 Å². The summed E-state index contributed by atoms with van der Waals surface area (Å²) in [4.78, 5) is 25.7. The molecule has 4 heterocycles. The molecule has 1 amide bonds. The predicted molar refractivity (Wildman–Crippen MR) is 145 cm³/mol. The fourth-order valence-corrected chi connectivity index (χ4v) is 5.25. The topological polar surface area (TPSA) is 77.6 Å². The minimum Gasteiger partial charge on any atom is -0.306 e. The van der Waals surface area contributed by atoms with Crippen molar-refractivity contribution in [1.29, 1.82) is 0 Å². The van der Waals surface area contributed by atoms with Crippen molar-refractivity contribution in [3.8, 4) is 34.9 Å². The Bertz CT molecular complexity index is 1620. The molecule has 1 aromatic carbocycles. The highest BCUT2D eigenvalue weighted by Crippen LogP contribution is 2.33. The second kappa shape index (κ2) is 9.44. The van der Waals surface area contributed by atoms with Crippen molar-refractivity contribution in [2.45, 2.75) is 40.3 Å². The number of anilines is 1. The lowest BCUT2D eigenvalue weighted by molar-refractivity contribution is 0.102. The summed E-state index contributed by atoms with van der Waals surface area (Å²) in [7, 11) is 0. The summed E-state index contributed by atoms with van der Waals surface area (Å²) in [5.41, 5.74) is 4.49. The number of terminal acetylenes is 1. The number of rotatable bonds is 6. The van der Waals surface area contributed by atoms with Crippen molar-refractivity contribution < 1.29 is 4.79 Å². The smallest absolute Gasteiger partial charge is 0.257 e. The van der Waals surface area contributed by atoms with Gasteiger partial charge in [0.1, 0.15) is 11.5 Å². The average molecular weight is 495 g/mol. The maximum Gasteiger partial charge on any atom is 0.257 e. The number of pyridine rings is 1. The van der Waals surface area contributed by atoms with Gasteiger partial charge in [0, 0.05) is 26.9 Å². The molecule has 0 spiro atoms. The first-order valence-electron chi connectivity index (χ1n) is 11.7. The Morgan fingerprint density at radius 1 is 1.19 bits per heavy atom. The third kappa shape index (κ3) is 4.18. The molecule has 0 radical (unpaired) electrons. The first kappa shape index (κ1) is 23.5. The van der Waals surface area contributed by atoms with Crippen molar-refractivity contribution in [1.82, 2.24) is 24.3 Å². The number of carbonyl (C=O) groups excluding carboxylic acids is 1. The van der Waals surface area contributed by atoms with Gasteiger partial charge >= 0.3 is 0 Å². The second-order valence-corrected chi connectivity index (χ2v) is 10.4. The summed E-state index contributed by atoms with van der Waals surface area (Å²) >= 11 is 1.71. The van der Waals surface area contributed by atoms with Crippen LogP contribution in [0.5, 0.6) is 0 Å². The zero-order valence-electron chi connectivity index (χ0n) is 20.6. The summed E-state index contributed by atoms with van der Waals surface area (Å²) in [6, 6.07) is 13.8. The molecule has 4 aromatic heterocycles. The quantitative estimate of drug-likeness (QED) is 0.289. The molecule has 0 saturated carbocycles. The van der Waals surface area contributed by atoms with Crippen LogP contribution < -0.4 is 5.32 Å². The van der Waals surface area contributed by atoms with Crippen LogP contribution in [0.4, 0.5) is 5.82 Å². The number of aromatic nitrogens is 5. The van der Waals surface area contributed by atoms with Gasteiger partial charge in [-0.3, -0.25) is 4.79 Å². The Labute approximate surface area is 213 Å². The van der Waals surface area contributed by atoms with Crippen LogP contribution in [0, 0.1) is 26.2 Å². The van der Waals surface area contributed by atoms with E-state index in [1.165, 1.54) is 4.88 Å². The van der Waals surface area contributed by atoms with Crippen LogP contribution in [0.15, 0.2) is 55.0 Å². The standard InChI is InChI=1S/C28H26N6OS/c1-6-12-33-16-29-25(20-10-8-7-9-11-20)27(33)32-28(35)22-14-24(21-13-18(4)36-19(21)5)31-26-23(22)15-30-34(26)17(2)3/h1,7-11,13-17H,12H2,2-5H3,(H,32,35). The number of hydrogen-bond acceptors (Lipinski definition) is 5. The van der Waals surface area contributed by atoms with E-state index in [9.17, 15) is 4.79 Å². The van der Waals surface area contributed by atoms with E-state index in [1.807, 2.05) is 54.9 Å². The number of benzene rings is 1. The zero-order valence-corrected chi connectivity index (χ0v) is 21.4. The molecule has 0 bridgehead atoms. The normalized spacial score (nSPS) is 11.2. The predicted octanol–water partition coefficient (Wildman–Crippen LogP) is 6.11. The highest BCUT2D eigenvalue weighted by atomic mass is 32.1. The number of aryl methyl sites for hydroxylation is 2. The van der Waals surface area contributed by atoms with Crippen LogP contribution in [0.3, 0.4) is 0 Å². The van der Waals surface area contributed by atoms with Crippen LogP contribution in [-0.2, 0) is 6.54 Å². The number of carbonyl (C=O) groups is 1. The maximum absolute atomic E-state index is 13.9. The molecular formula is C28H26N6OS. The lowest BCUT2D eigenvalue weighted by Crippen LogP contribution is -2.16. The summed E-state index contributed by atoms with van der Waals surface area (Å²) in [5.74, 6) is 2.92. The van der Waals surface area contributed by atoms with Gasteiger partial charge in [-0.15, -0.1) is 17.8 Å². The van der Waals surface area contributed by atoms with Gasteiger partial charge in [-0.1, -0.05) is 36.3 Å². The van der Waals surface area contributed by atoms with Crippen LogP contribution in [0.25, 0.3) is 33.5 Å². The number of imidazole rings is 1. The van der Waals surface area contributed by atoms with Crippen molar-refractivity contribution in [2.24, 2.45) is 0 Å². The highest BCUT2D eigenvalue weighted by Gasteiger charge is 2.22. The number of nitrogens with one attached hydrogen (secondary N) is 1. The van der Waals surface area contributed by atoms with Crippen molar-refractivity contribution in [2.75, 3.05) is 5.32 Å². The van der Waals surface area contributed by atoms with Gasteiger partial charge < -0.3 is 9.88 Å². The molecule has 0 saturated heterocycles. The molecule has 0 aliphatic rings. The fraction of sp³-hybridized carbons (Fsp3) is 0.214. The molecule has 5 aromatic rings. The van der Waals surface area contributed by atoms with E-state index in [2.05, 4.69) is 41.2 Å². The molecule has 36 heavy (non-hydrogen) atoms. The first-order valence-corrected chi connectivity index (χ1v) is 12.5. The monoisotopic (exact) mass is 494 g/mol. The van der Waals surface area contributed by atoms with Crippen molar-refractivity contribution in [3.63, 3.8) is 0 Å². The van der Waals surface area contributed by atoms with Gasteiger partial charge in [0.25, 0.3) is 5.91 Å². The molecule has 7 nitrogen and oxygen atoms in total. The summed E-state index contributed by atoms with van der Waals surface area (Å²) in [5, 5.41) is 8.33. The molecule has 8 heteroatoms. The van der Waals surface area contributed by atoms with Crippen molar-refractivity contribution in [3.05, 3.63) is 70.3 Å². The van der Waals surface area contributed by atoms with Gasteiger partial charge in [0.05, 0.1) is 35.7 Å². The van der Waals surface area contributed by atoms with Crippen LogP contribution in [0.1, 0.15) is 40.0 Å². The van der Waals surface area contributed by atoms with E-state index in [1.54, 1.807) is 28.4 Å². The zero-order chi connectivity index (χ0) is 25.4. The summed E-state index contributed by atoms with van der Waals surface area (Å²) in [6.45, 7) is 8.52. The van der Waals surface area contributed by atoms with E-state index in [0.29, 0.717) is 28.1 Å². The molecule has 0 fully saturated rings. The maximum atomic E-state index is 13.9. The Morgan fingerprint density at radius 2 is 1.97 bits per heavy atom.